The Morgan fingerprint density at radius 3 is 1.13 bits per heavy atom. The molecule has 17 heteroatoms. The number of carbonyl (C=O) groups excluding carboxylic acids is 5. The molecule has 0 radical (unpaired) electrons. The molecule has 53 heavy (non-hydrogen) atoms. The van der Waals surface area contributed by atoms with Crippen LogP contribution < -0.4 is 0 Å². The average molecular weight is 819 g/mol. The van der Waals surface area contributed by atoms with Gasteiger partial charge in [-0.3, -0.25) is 9.59 Å². The second-order valence-corrected chi connectivity index (χ2v) is 30.8. The van der Waals surface area contributed by atoms with Crippen molar-refractivity contribution < 1.29 is 60.0 Å². The van der Waals surface area contributed by atoms with E-state index in [4.69, 9.17) is 36.0 Å². The lowest BCUT2D eigenvalue weighted by molar-refractivity contribution is -0.146. The van der Waals surface area contributed by atoms with Gasteiger partial charge in [0.15, 0.2) is 25.0 Å². The Hall–Kier alpha value is -2.68. The van der Waals surface area contributed by atoms with Gasteiger partial charge in [-0.2, -0.15) is 0 Å². The van der Waals surface area contributed by atoms with Crippen molar-refractivity contribution in [1.82, 2.24) is 0 Å². The maximum atomic E-state index is 12.6. The molecule has 0 aromatic rings. The fourth-order valence-corrected chi connectivity index (χ4v) is 23.1. The summed E-state index contributed by atoms with van der Waals surface area (Å²) in [6.45, 7) is 25.9. The van der Waals surface area contributed by atoms with Crippen molar-refractivity contribution in [1.29, 1.82) is 0 Å². The van der Waals surface area contributed by atoms with Crippen molar-refractivity contribution in [3.05, 3.63) is 38.0 Å². The van der Waals surface area contributed by atoms with Gasteiger partial charge in [0.05, 0.1) is 33.0 Å². The molecule has 13 nitrogen and oxygen atoms in total. The van der Waals surface area contributed by atoms with Crippen LogP contribution in [0.5, 0.6) is 0 Å². The number of ether oxygens (including phenoxy) is 5. The third-order valence-corrected chi connectivity index (χ3v) is 23.7. The minimum atomic E-state index is -3.48. The highest BCUT2D eigenvalue weighted by atomic mass is 28.5. The van der Waals surface area contributed by atoms with Gasteiger partial charge in [-0.15, -0.1) is 0 Å². The highest BCUT2D eigenvalue weighted by Crippen LogP contribution is 2.35. The first-order chi connectivity index (χ1) is 24.8. The lowest BCUT2D eigenvalue weighted by atomic mass is 10.2. The quantitative estimate of drug-likeness (QED) is 0.0218. The summed E-state index contributed by atoms with van der Waals surface area (Å²) >= 11 is 0. The van der Waals surface area contributed by atoms with Gasteiger partial charge in [-0.25, -0.2) is 14.4 Å². The predicted octanol–water partition coefficient (Wildman–Crippen LogP) is 7.40. The van der Waals surface area contributed by atoms with Crippen molar-refractivity contribution in [3.63, 3.8) is 0 Å². The Morgan fingerprint density at radius 2 is 0.792 bits per heavy atom. The summed E-state index contributed by atoms with van der Waals surface area (Å²) in [5.41, 5.74) is 0. The zero-order chi connectivity index (χ0) is 40.4. The fourth-order valence-electron chi connectivity index (χ4n) is 5.21. The summed E-state index contributed by atoms with van der Waals surface area (Å²) in [5, 5.41) is 0. The van der Waals surface area contributed by atoms with Gasteiger partial charge in [-0.1, -0.05) is 26.7 Å². The van der Waals surface area contributed by atoms with Crippen LogP contribution in [0.1, 0.15) is 64.7 Å². The van der Waals surface area contributed by atoms with Gasteiger partial charge >= 0.3 is 38.7 Å². The standard InChI is InChI=1S/C36H66O13Si4/c1-11-21-35(40)45-23-17-24-46-36(41)22-15-16-31-53(47-50(5,6)28-18-25-42-32(37)12-2,48-51(7,8)29-19-26-43-33(38)13-3)49-52(9,10)30-20-27-44-34(39)14-4/h12-14H,2-4,11,15-31H2,1,5-10H3. The van der Waals surface area contributed by atoms with Crippen molar-refractivity contribution in [2.24, 2.45) is 0 Å². The monoisotopic (exact) mass is 818 g/mol. The number of unbranched alkanes of at least 4 members (excludes halogenated alkanes) is 1. The number of carbonyl (C=O) groups is 5. The van der Waals surface area contributed by atoms with Crippen LogP contribution in [-0.4, -0.2) is 96.6 Å². The third kappa shape index (κ3) is 26.7. The molecule has 0 aromatic heterocycles. The van der Waals surface area contributed by atoms with Crippen molar-refractivity contribution in [2.45, 2.75) is 128 Å². The minimum absolute atomic E-state index is 0.165. The van der Waals surface area contributed by atoms with E-state index in [1.165, 1.54) is 0 Å². The van der Waals surface area contributed by atoms with Crippen LogP contribution in [0.25, 0.3) is 0 Å². The second kappa shape index (κ2) is 27.0. The molecule has 0 saturated carbocycles. The number of rotatable bonds is 32. The second-order valence-electron chi connectivity index (χ2n) is 14.4. The molecule has 0 aromatic carbocycles. The molecule has 0 bridgehead atoms. The molecule has 0 saturated heterocycles. The highest BCUT2D eigenvalue weighted by Gasteiger charge is 2.52. The molecule has 0 rings (SSSR count). The normalized spacial score (nSPS) is 12.0. The molecular weight excluding hydrogens is 753 g/mol. The third-order valence-electron chi connectivity index (χ3n) is 7.68. The van der Waals surface area contributed by atoms with E-state index in [2.05, 4.69) is 59.0 Å². The smallest absolute Gasteiger partial charge is 0.466 e. The van der Waals surface area contributed by atoms with Crippen LogP contribution >= 0.6 is 0 Å². The van der Waals surface area contributed by atoms with E-state index in [9.17, 15) is 24.0 Å². The Balaban J connectivity index is 6.07. The van der Waals surface area contributed by atoms with E-state index in [1.807, 2.05) is 6.92 Å². The Labute approximate surface area is 321 Å². The summed E-state index contributed by atoms with van der Waals surface area (Å²) in [5.74, 6) is -2.03. The van der Waals surface area contributed by atoms with Crippen molar-refractivity contribution in [3.8, 4) is 0 Å². The van der Waals surface area contributed by atoms with E-state index < -0.39 is 51.7 Å². The predicted molar refractivity (Wildman–Crippen MR) is 213 cm³/mol. The van der Waals surface area contributed by atoms with Gasteiger partial charge in [0.1, 0.15) is 0 Å². The van der Waals surface area contributed by atoms with E-state index in [0.29, 0.717) is 75.5 Å². The molecule has 0 aliphatic rings. The first kappa shape index (κ1) is 50.3. The van der Waals surface area contributed by atoms with Crippen LogP contribution in [0, 0.1) is 0 Å². The zero-order valence-electron chi connectivity index (χ0n) is 33.4. The van der Waals surface area contributed by atoms with E-state index >= 15 is 0 Å². The molecular formula is C36H66O13Si4. The zero-order valence-corrected chi connectivity index (χ0v) is 37.4. The average Bonchev–Trinajstić information content (AvgIpc) is 3.07. The molecule has 0 unspecified atom stereocenters. The largest absolute Gasteiger partial charge is 0.469 e. The molecule has 304 valence electrons. The first-order valence-corrected chi connectivity index (χ1v) is 29.9. The Bertz CT molecular complexity index is 1070. The van der Waals surface area contributed by atoms with E-state index in [-0.39, 0.29) is 51.4 Å². The summed E-state index contributed by atoms with van der Waals surface area (Å²) in [6.07, 6.45) is 8.00. The maximum Gasteiger partial charge on any atom is 0.469 e. The van der Waals surface area contributed by atoms with Crippen molar-refractivity contribution in [2.75, 3.05) is 33.0 Å². The molecule has 0 amide bonds. The molecule has 0 N–H and O–H groups in total. The summed E-state index contributed by atoms with van der Waals surface area (Å²) in [6, 6.07) is 2.51. The Morgan fingerprint density at radius 1 is 0.453 bits per heavy atom. The lowest BCUT2D eigenvalue weighted by Crippen LogP contribution is -2.62. The van der Waals surface area contributed by atoms with Crippen LogP contribution in [0.3, 0.4) is 0 Å². The summed E-state index contributed by atoms with van der Waals surface area (Å²) < 4.78 is 47.7. The molecule has 0 aliphatic heterocycles. The number of hydrogen-bond donors (Lipinski definition) is 0. The molecule has 0 aliphatic carbocycles. The summed E-state index contributed by atoms with van der Waals surface area (Å²) in [4.78, 5) is 59.0. The minimum Gasteiger partial charge on any atom is -0.466 e. The lowest BCUT2D eigenvalue weighted by Gasteiger charge is -2.45. The van der Waals surface area contributed by atoms with Gasteiger partial charge in [0, 0.05) is 43.5 Å². The molecule has 0 atom stereocenters. The number of esters is 5. The van der Waals surface area contributed by atoms with E-state index in [0.717, 1.165) is 18.2 Å². The van der Waals surface area contributed by atoms with Crippen LogP contribution in [0.2, 0.25) is 63.5 Å². The van der Waals surface area contributed by atoms with Gasteiger partial charge < -0.3 is 36.0 Å². The topological polar surface area (TPSA) is 159 Å². The highest BCUT2D eigenvalue weighted by molar-refractivity contribution is 6.90. The van der Waals surface area contributed by atoms with Crippen molar-refractivity contribution >= 4 is 63.6 Å². The molecule has 0 heterocycles. The first-order valence-electron chi connectivity index (χ1n) is 18.6. The maximum absolute atomic E-state index is 12.6. The van der Waals surface area contributed by atoms with Crippen LogP contribution in [0.4, 0.5) is 0 Å². The van der Waals surface area contributed by atoms with Gasteiger partial charge in [0.25, 0.3) is 0 Å². The van der Waals surface area contributed by atoms with Crippen LogP contribution in [-0.2, 0) is 60.0 Å². The molecule has 0 fully saturated rings. The molecule has 0 spiro atoms. The van der Waals surface area contributed by atoms with E-state index in [1.54, 1.807) is 0 Å². The summed E-state index contributed by atoms with van der Waals surface area (Å²) in [7, 11) is -11.0. The van der Waals surface area contributed by atoms with Crippen LogP contribution in [0.15, 0.2) is 38.0 Å². The number of hydrogen-bond acceptors (Lipinski definition) is 13. The fraction of sp³-hybridized carbons (Fsp3) is 0.694. The SMILES string of the molecule is C=CC(=O)OCCC[Si](C)(C)O[Si](CCCCC(=O)OCCCOC(=O)CCC)(O[Si](C)(C)CCCOC(=O)C=C)O[Si](C)(C)CCCOC(=O)C=C. The Kier molecular flexibility index (Phi) is 25.6. The van der Waals surface area contributed by atoms with Gasteiger partial charge in [0.2, 0.25) is 0 Å². The van der Waals surface area contributed by atoms with Gasteiger partial charge in [-0.05, 0) is 95.9 Å².